The monoisotopic (exact) mass is 411 g/mol. The smallest absolute Gasteiger partial charge is 0.344 e. The number of rotatable bonds is 6. The largest absolute Gasteiger partial charge is 0.452 e. The molecule has 0 fully saturated rings. The number of esters is 1. The van der Waals surface area contributed by atoms with Crippen molar-refractivity contribution in [2.24, 2.45) is 0 Å². The summed E-state index contributed by atoms with van der Waals surface area (Å²) in [6.45, 7) is 1.27. The molecule has 0 aliphatic heterocycles. The van der Waals surface area contributed by atoms with E-state index in [4.69, 9.17) is 4.74 Å². The van der Waals surface area contributed by atoms with Gasteiger partial charge in [0.25, 0.3) is 5.91 Å². The molecule has 2 aromatic carbocycles. The van der Waals surface area contributed by atoms with Crippen LogP contribution in [0.4, 0.5) is 8.78 Å². The second-order valence-electron chi connectivity index (χ2n) is 5.25. The Morgan fingerprint density at radius 1 is 1.12 bits per heavy atom. The molecule has 1 N–H and O–H groups in total. The van der Waals surface area contributed by atoms with Crippen LogP contribution in [0.5, 0.6) is 0 Å². The molecule has 0 spiro atoms. The van der Waals surface area contributed by atoms with Gasteiger partial charge in [-0.15, -0.1) is 0 Å². The van der Waals surface area contributed by atoms with E-state index in [1.807, 2.05) is 31.2 Å². The number of ether oxygens (including phenoxy) is 1. The van der Waals surface area contributed by atoms with Crippen molar-refractivity contribution in [3.63, 3.8) is 0 Å². The SMILES string of the molecule is CC[C@@H](NC(=O)COC(=O)c1c(F)cccc1F)c1ccc(Br)cc1. The molecule has 0 bridgehead atoms. The summed E-state index contributed by atoms with van der Waals surface area (Å²) < 4.78 is 32.6. The van der Waals surface area contributed by atoms with Gasteiger partial charge in [-0.05, 0) is 36.2 Å². The fraction of sp³-hybridized carbons (Fsp3) is 0.222. The summed E-state index contributed by atoms with van der Waals surface area (Å²) in [6, 6.07) is 10.2. The van der Waals surface area contributed by atoms with Crippen LogP contribution >= 0.6 is 15.9 Å². The summed E-state index contributed by atoms with van der Waals surface area (Å²) in [4.78, 5) is 23.7. The third kappa shape index (κ3) is 5.09. The quantitative estimate of drug-likeness (QED) is 0.726. The maximum absolute atomic E-state index is 13.5. The molecule has 0 saturated heterocycles. The normalized spacial score (nSPS) is 11.7. The molecule has 0 aromatic heterocycles. The van der Waals surface area contributed by atoms with E-state index in [1.54, 1.807) is 0 Å². The Morgan fingerprint density at radius 2 is 1.72 bits per heavy atom. The van der Waals surface area contributed by atoms with Crippen LogP contribution < -0.4 is 5.32 Å². The van der Waals surface area contributed by atoms with Crippen LogP contribution in [0.2, 0.25) is 0 Å². The number of carbonyl (C=O) groups excluding carboxylic acids is 2. The highest BCUT2D eigenvalue weighted by molar-refractivity contribution is 9.10. The van der Waals surface area contributed by atoms with Crippen molar-refractivity contribution in [1.29, 1.82) is 0 Å². The molecule has 0 saturated carbocycles. The molecular formula is C18H16BrF2NO3. The van der Waals surface area contributed by atoms with Gasteiger partial charge < -0.3 is 10.1 Å². The predicted octanol–water partition coefficient (Wildman–Crippen LogP) is 4.15. The number of carbonyl (C=O) groups is 2. The van der Waals surface area contributed by atoms with Crippen molar-refractivity contribution in [3.05, 3.63) is 69.7 Å². The van der Waals surface area contributed by atoms with E-state index in [0.29, 0.717) is 6.42 Å². The van der Waals surface area contributed by atoms with E-state index < -0.39 is 35.7 Å². The predicted molar refractivity (Wildman–Crippen MR) is 92.0 cm³/mol. The summed E-state index contributed by atoms with van der Waals surface area (Å²) >= 11 is 3.34. The first-order chi connectivity index (χ1) is 11.9. The van der Waals surface area contributed by atoms with Crippen molar-refractivity contribution in [2.75, 3.05) is 6.61 Å². The van der Waals surface area contributed by atoms with E-state index in [2.05, 4.69) is 21.2 Å². The topological polar surface area (TPSA) is 55.4 Å². The van der Waals surface area contributed by atoms with Gasteiger partial charge in [0.05, 0.1) is 6.04 Å². The van der Waals surface area contributed by atoms with Gasteiger partial charge in [-0.25, -0.2) is 13.6 Å². The Hall–Kier alpha value is -2.28. The molecule has 1 atom stereocenters. The zero-order valence-corrected chi connectivity index (χ0v) is 15.0. The fourth-order valence-corrected chi connectivity index (χ4v) is 2.51. The molecule has 2 aromatic rings. The van der Waals surface area contributed by atoms with Gasteiger partial charge >= 0.3 is 5.97 Å². The zero-order valence-electron chi connectivity index (χ0n) is 13.4. The fourth-order valence-electron chi connectivity index (χ4n) is 2.25. The molecule has 1 amide bonds. The third-order valence-corrected chi connectivity index (χ3v) is 4.05. The van der Waals surface area contributed by atoms with Crippen molar-refractivity contribution in [1.82, 2.24) is 5.32 Å². The van der Waals surface area contributed by atoms with Crippen molar-refractivity contribution < 1.29 is 23.1 Å². The van der Waals surface area contributed by atoms with Gasteiger partial charge in [-0.3, -0.25) is 4.79 Å². The first-order valence-corrected chi connectivity index (χ1v) is 8.37. The molecule has 0 aliphatic carbocycles. The van der Waals surface area contributed by atoms with Crippen LogP contribution in [0, 0.1) is 11.6 Å². The highest BCUT2D eigenvalue weighted by Crippen LogP contribution is 2.19. The van der Waals surface area contributed by atoms with Gasteiger partial charge in [-0.1, -0.05) is 41.1 Å². The van der Waals surface area contributed by atoms with E-state index in [1.165, 1.54) is 0 Å². The molecule has 7 heteroatoms. The zero-order chi connectivity index (χ0) is 18.4. The van der Waals surface area contributed by atoms with Crippen molar-refractivity contribution in [3.8, 4) is 0 Å². The van der Waals surface area contributed by atoms with Crippen molar-refractivity contribution >= 4 is 27.8 Å². The average Bonchev–Trinajstić information content (AvgIpc) is 2.58. The van der Waals surface area contributed by atoms with Crippen LogP contribution in [0.25, 0.3) is 0 Å². The molecule has 2 rings (SSSR count). The first-order valence-electron chi connectivity index (χ1n) is 7.58. The number of halogens is 3. The van der Waals surface area contributed by atoms with Gasteiger partial charge in [0.2, 0.25) is 0 Å². The third-order valence-electron chi connectivity index (χ3n) is 3.52. The average molecular weight is 412 g/mol. The van der Waals surface area contributed by atoms with Crippen LogP contribution in [-0.4, -0.2) is 18.5 Å². The lowest BCUT2D eigenvalue weighted by Crippen LogP contribution is -2.32. The lowest BCUT2D eigenvalue weighted by molar-refractivity contribution is -0.125. The van der Waals surface area contributed by atoms with Gasteiger partial charge in [0.1, 0.15) is 17.2 Å². The van der Waals surface area contributed by atoms with Crippen molar-refractivity contribution in [2.45, 2.75) is 19.4 Å². The lowest BCUT2D eigenvalue weighted by atomic mass is 10.0. The molecule has 0 aliphatic rings. The minimum Gasteiger partial charge on any atom is -0.452 e. The second-order valence-corrected chi connectivity index (χ2v) is 6.17. The summed E-state index contributed by atoms with van der Waals surface area (Å²) in [6.07, 6.45) is 0.628. The van der Waals surface area contributed by atoms with Crippen LogP contribution in [0.15, 0.2) is 46.9 Å². The minimum absolute atomic E-state index is 0.260. The van der Waals surface area contributed by atoms with E-state index >= 15 is 0 Å². The maximum Gasteiger partial charge on any atom is 0.344 e. The Kier molecular flexibility index (Phi) is 6.64. The van der Waals surface area contributed by atoms with Crippen LogP contribution in [0.3, 0.4) is 0 Å². The number of nitrogens with one attached hydrogen (secondary N) is 1. The number of hydrogen-bond acceptors (Lipinski definition) is 3. The molecule has 0 heterocycles. The van der Waals surface area contributed by atoms with E-state index in [-0.39, 0.29) is 6.04 Å². The number of hydrogen-bond donors (Lipinski definition) is 1. The minimum atomic E-state index is -1.22. The maximum atomic E-state index is 13.5. The summed E-state index contributed by atoms with van der Waals surface area (Å²) in [5.74, 6) is -3.85. The Morgan fingerprint density at radius 3 is 2.28 bits per heavy atom. The van der Waals surface area contributed by atoms with Gasteiger partial charge in [0.15, 0.2) is 6.61 Å². The van der Waals surface area contributed by atoms with Crippen LogP contribution in [-0.2, 0) is 9.53 Å². The summed E-state index contributed by atoms with van der Waals surface area (Å²) in [5, 5.41) is 2.72. The molecule has 132 valence electrons. The standard InChI is InChI=1S/C18H16BrF2NO3/c1-2-15(11-6-8-12(19)9-7-11)22-16(23)10-25-18(24)17-13(20)4-3-5-14(17)21/h3-9,15H,2,10H2,1H3,(H,22,23)/t15-/m1/s1. The highest BCUT2D eigenvalue weighted by atomic mass is 79.9. The highest BCUT2D eigenvalue weighted by Gasteiger charge is 2.20. The number of benzene rings is 2. The Balaban J connectivity index is 1.95. The summed E-state index contributed by atoms with van der Waals surface area (Å²) in [5.41, 5.74) is 0.0841. The lowest BCUT2D eigenvalue weighted by Gasteiger charge is -2.17. The second kappa shape index (κ2) is 8.71. The number of amides is 1. The van der Waals surface area contributed by atoms with E-state index in [0.717, 1.165) is 28.2 Å². The molecule has 0 unspecified atom stereocenters. The molecular weight excluding hydrogens is 396 g/mol. The van der Waals surface area contributed by atoms with Crippen LogP contribution in [0.1, 0.15) is 35.3 Å². The van der Waals surface area contributed by atoms with Gasteiger partial charge in [-0.2, -0.15) is 0 Å². The summed E-state index contributed by atoms with van der Waals surface area (Å²) in [7, 11) is 0. The molecule has 25 heavy (non-hydrogen) atoms. The van der Waals surface area contributed by atoms with E-state index in [9.17, 15) is 18.4 Å². The molecule has 4 nitrogen and oxygen atoms in total. The van der Waals surface area contributed by atoms with Gasteiger partial charge in [0, 0.05) is 4.47 Å². The Labute approximate surface area is 152 Å². The Bertz CT molecular complexity index is 745. The first kappa shape index (κ1) is 19.1. The molecule has 0 radical (unpaired) electrons.